The Morgan fingerprint density at radius 1 is 1.17 bits per heavy atom. The summed E-state index contributed by atoms with van der Waals surface area (Å²) >= 11 is 0. The SMILES string of the molecule is CC(ON1CCCCC1)C1CC1. The first kappa shape index (κ1) is 8.52. The zero-order chi connectivity index (χ0) is 8.39. The first-order chi connectivity index (χ1) is 5.86. The lowest BCUT2D eigenvalue weighted by Gasteiger charge is -2.28. The van der Waals surface area contributed by atoms with E-state index in [1.165, 1.54) is 32.1 Å². The minimum absolute atomic E-state index is 0.475. The topological polar surface area (TPSA) is 12.5 Å². The lowest BCUT2D eigenvalue weighted by atomic mass is 10.2. The summed E-state index contributed by atoms with van der Waals surface area (Å²) in [6.45, 7) is 4.51. The summed E-state index contributed by atoms with van der Waals surface area (Å²) in [6.07, 6.45) is 7.26. The molecule has 1 heterocycles. The highest BCUT2D eigenvalue weighted by molar-refractivity contribution is 4.78. The van der Waals surface area contributed by atoms with E-state index in [0.29, 0.717) is 6.10 Å². The van der Waals surface area contributed by atoms with Gasteiger partial charge in [0.1, 0.15) is 0 Å². The van der Waals surface area contributed by atoms with Crippen LogP contribution in [0.1, 0.15) is 39.0 Å². The van der Waals surface area contributed by atoms with Crippen molar-refractivity contribution >= 4 is 0 Å². The predicted molar refractivity (Wildman–Crippen MR) is 48.7 cm³/mol. The lowest BCUT2D eigenvalue weighted by molar-refractivity contribution is -0.205. The van der Waals surface area contributed by atoms with E-state index in [0.717, 1.165) is 19.0 Å². The maximum absolute atomic E-state index is 5.85. The molecule has 1 unspecified atom stereocenters. The van der Waals surface area contributed by atoms with Crippen molar-refractivity contribution in [3.05, 3.63) is 0 Å². The van der Waals surface area contributed by atoms with E-state index in [1.54, 1.807) is 0 Å². The molecule has 0 spiro atoms. The molecule has 2 nitrogen and oxygen atoms in total. The van der Waals surface area contributed by atoms with Crippen molar-refractivity contribution in [2.24, 2.45) is 5.92 Å². The third-order valence-electron chi connectivity index (χ3n) is 2.92. The van der Waals surface area contributed by atoms with Crippen LogP contribution in [0, 0.1) is 5.92 Å². The van der Waals surface area contributed by atoms with E-state index >= 15 is 0 Å². The normalized spacial score (nSPS) is 28.8. The zero-order valence-corrected chi connectivity index (χ0v) is 7.96. The molecule has 2 fully saturated rings. The molecule has 2 aliphatic rings. The number of hydroxylamine groups is 2. The van der Waals surface area contributed by atoms with E-state index in [-0.39, 0.29) is 0 Å². The zero-order valence-electron chi connectivity index (χ0n) is 7.96. The Bertz CT molecular complexity index is 139. The van der Waals surface area contributed by atoms with Crippen LogP contribution in [-0.4, -0.2) is 24.3 Å². The van der Waals surface area contributed by atoms with Crippen LogP contribution >= 0.6 is 0 Å². The summed E-state index contributed by atoms with van der Waals surface area (Å²) in [7, 11) is 0. The van der Waals surface area contributed by atoms with Crippen LogP contribution < -0.4 is 0 Å². The van der Waals surface area contributed by atoms with Gasteiger partial charge in [-0.3, -0.25) is 4.84 Å². The second kappa shape index (κ2) is 3.75. The van der Waals surface area contributed by atoms with Crippen molar-refractivity contribution in [1.82, 2.24) is 5.06 Å². The summed E-state index contributed by atoms with van der Waals surface area (Å²) in [5, 5.41) is 2.17. The molecule has 12 heavy (non-hydrogen) atoms. The number of nitrogens with zero attached hydrogens (tertiary/aromatic N) is 1. The largest absolute Gasteiger partial charge is 0.296 e. The summed E-state index contributed by atoms with van der Waals surface area (Å²) in [4.78, 5) is 5.85. The van der Waals surface area contributed by atoms with E-state index in [9.17, 15) is 0 Å². The van der Waals surface area contributed by atoms with Crippen molar-refractivity contribution in [2.45, 2.75) is 45.1 Å². The van der Waals surface area contributed by atoms with Gasteiger partial charge in [-0.05, 0) is 38.5 Å². The highest BCUT2D eigenvalue weighted by Crippen LogP contribution is 2.34. The number of piperidine rings is 1. The molecule has 0 amide bonds. The van der Waals surface area contributed by atoms with Crippen LogP contribution in [0.3, 0.4) is 0 Å². The third-order valence-corrected chi connectivity index (χ3v) is 2.92. The smallest absolute Gasteiger partial charge is 0.0793 e. The minimum Gasteiger partial charge on any atom is -0.296 e. The van der Waals surface area contributed by atoms with E-state index in [1.807, 2.05) is 0 Å². The molecule has 2 rings (SSSR count). The lowest BCUT2D eigenvalue weighted by Crippen LogP contribution is -2.33. The number of rotatable bonds is 3. The van der Waals surface area contributed by atoms with Crippen molar-refractivity contribution < 1.29 is 4.84 Å². The number of hydrogen-bond donors (Lipinski definition) is 0. The van der Waals surface area contributed by atoms with Crippen LogP contribution in [0.2, 0.25) is 0 Å². The van der Waals surface area contributed by atoms with Crippen LogP contribution in [-0.2, 0) is 4.84 Å². The van der Waals surface area contributed by atoms with Gasteiger partial charge in [0.25, 0.3) is 0 Å². The Balaban J connectivity index is 1.69. The maximum Gasteiger partial charge on any atom is 0.0793 e. The highest BCUT2D eigenvalue weighted by Gasteiger charge is 2.30. The van der Waals surface area contributed by atoms with Gasteiger partial charge in [-0.25, -0.2) is 0 Å². The van der Waals surface area contributed by atoms with E-state index < -0.39 is 0 Å². The van der Waals surface area contributed by atoms with Crippen molar-refractivity contribution in [3.8, 4) is 0 Å². The molecule has 0 N–H and O–H groups in total. The summed E-state index contributed by atoms with van der Waals surface area (Å²) in [5.41, 5.74) is 0. The fraction of sp³-hybridized carbons (Fsp3) is 1.00. The van der Waals surface area contributed by atoms with Crippen LogP contribution in [0.25, 0.3) is 0 Å². The van der Waals surface area contributed by atoms with Crippen molar-refractivity contribution in [2.75, 3.05) is 13.1 Å². The Labute approximate surface area is 74.8 Å². The summed E-state index contributed by atoms with van der Waals surface area (Å²) in [5.74, 6) is 0.868. The molecule has 1 saturated heterocycles. The van der Waals surface area contributed by atoms with Crippen LogP contribution in [0.4, 0.5) is 0 Å². The molecule has 0 bridgehead atoms. The standard InChI is InChI=1S/C10H19NO/c1-9(10-5-6-10)12-11-7-3-2-4-8-11/h9-10H,2-8H2,1H3. The van der Waals surface area contributed by atoms with E-state index in [2.05, 4.69) is 12.0 Å². The minimum atomic E-state index is 0.475. The Morgan fingerprint density at radius 2 is 1.83 bits per heavy atom. The molecule has 1 aliphatic heterocycles. The molecular weight excluding hydrogens is 150 g/mol. The number of hydrogen-bond acceptors (Lipinski definition) is 2. The molecule has 0 aromatic carbocycles. The van der Waals surface area contributed by atoms with Gasteiger partial charge >= 0.3 is 0 Å². The second-order valence-corrected chi connectivity index (χ2v) is 4.14. The molecule has 70 valence electrons. The first-order valence-electron chi connectivity index (χ1n) is 5.28. The van der Waals surface area contributed by atoms with Gasteiger partial charge in [-0.15, -0.1) is 0 Å². The molecule has 0 aromatic heterocycles. The van der Waals surface area contributed by atoms with Gasteiger partial charge in [0.05, 0.1) is 6.10 Å². The molecule has 1 saturated carbocycles. The fourth-order valence-electron chi connectivity index (χ4n) is 1.86. The molecule has 1 atom stereocenters. The van der Waals surface area contributed by atoms with Gasteiger partial charge in [-0.1, -0.05) is 6.42 Å². The third kappa shape index (κ3) is 2.20. The quantitative estimate of drug-likeness (QED) is 0.642. The maximum atomic E-state index is 5.85. The molecule has 2 heteroatoms. The molecule has 1 aliphatic carbocycles. The highest BCUT2D eigenvalue weighted by atomic mass is 16.7. The van der Waals surface area contributed by atoms with E-state index in [4.69, 9.17) is 4.84 Å². The second-order valence-electron chi connectivity index (χ2n) is 4.14. The average molecular weight is 169 g/mol. The Hall–Kier alpha value is -0.0800. The van der Waals surface area contributed by atoms with Crippen molar-refractivity contribution in [1.29, 1.82) is 0 Å². The van der Waals surface area contributed by atoms with Gasteiger partial charge in [0, 0.05) is 13.1 Å². The monoisotopic (exact) mass is 169 g/mol. The molecule has 0 aromatic rings. The van der Waals surface area contributed by atoms with Crippen LogP contribution in [0.5, 0.6) is 0 Å². The summed E-state index contributed by atoms with van der Waals surface area (Å²) < 4.78 is 0. The Kier molecular flexibility index (Phi) is 2.66. The van der Waals surface area contributed by atoms with Gasteiger partial charge in [0.15, 0.2) is 0 Å². The average Bonchev–Trinajstić information content (AvgIpc) is 2.88. The summed E-state index contributed by atoms with van der Waals surface area (Å²) in [6, 6.07) is 0. The molecule has 0 radical (unpaired) electrons. The fourth-order valence-corrected chi connectivity index (χ4v) is 1.86. The molecular formula is C10H19NO. The van der Waals surface area contributed by atoms with Crippen molar-refractivity contribution in [3.63, 3.8) is 0 Å². The van der Waals surface area contributed by atoms with Gasteiger partial charge in [-0.2, -0.15) is 5.06 Å². The van der Waals surface area contributed by atoms with Gasteiger partial charge < -0.3 is 0 Å². The van der Waals surface area contributed by atoms with Gasteiger partial charge in [0.2, 0.25) is 0 Å². The Morgan fingerprint density at radius 3 is 2.42 bits per heavy atom. The van der Waals surface area contributed by atoms with Crippen LogP contribution in [0.15, 0.2) is 0 Å². The first-order valence-corrected chi connectivity index (χ1v) is 5.28. The predicted octanol–water partition coefficient (Wildman–Crippen LogP) is 2.20.